The molecule has 1 saturated carbocycles. The summed E-state index contributed by atoms with van der Waals surface area (Å²) in [6, 6.07) is 0. The minimum atomic E-state index is -0.408. The van der Waals surface area contributed by atoms with Crippen LogP contribution in [0.1, 0.15) is 33.6 Å². The molecule has 0 radical (unpaired) electrons. The van der Waals surface area contributed by atoms with Crippen molar-refractivity contribution in [3.63, 3.8) is 0 Å². The minimum absolute atomic E-state index is 0.0419. The van der Waals surface area contributed by atoms with Crippen LogP contribution in [0.5, 0.6) is 0 Å². The maximum absolute atomic E-state index is 12.0. The number of carbonyl (C=O) groups excluding carboxylic acids is 1. The topological polar surface area (TPSA) is 26.3 Å². The predicted molar refractivity (Wildman–Crippen MR) is 65.9 cm³/mol. The highest BCUT2D eigenvalue weighted by Gasteiger charge is 2.38. The summed E-state index contributed by atoms with van der Waals surface area (Å²) in [5.41, 5.74) is -0.408. The van der Waals surface area contributed by atoms with Crippen molar-refractivity contribution in [2.75, 3.05) is 0 Å². The van der Waals surface area contributed by atoms with Crippen LogP contribution < -0.4 is 0 Å². The number of allylic oxidation sites excluding steroid dienone is 2. The third-order valence-corrected chi connectivity index (χ3v) is 2.99. The molecule has 90 valence electrons. The summed E-state index contributed by atoms with van der Waals surface area (Å²) in [4.78, 5) is 12.0. The van der Waals surface area contributed by atoms with Gasteiger partial charge < -0.3 is 4.74 Å². The Kier molecular flexibility index (Phi) is 3.95. The van der Waals surface area contributed by atoms with Crippen molar-refractivity contribution in [3.8, 4) is 0 Å². The molecular formula is C14H22O2. The van der Waals surface area contributed by atoms with Crippen molar-refractivity contribution in [2.45, 2.75) is 39.2 Å². The zero-order chi connectivity index (χ0) is 12.3. The molecule has 0 saturated heterocycles. The number of esters is 1. The first-order valence-corrected chi connectivity index (χ1v) is 5.85. The average Bonchev–Trinajstić information content (AvgIpc) is 2.58. The third kappa shape index (κ3) is 3.22. The quantitative estimate of drug-likeness (QED) is 0.540. The Morgan fingerprint density at radius 1 is 1.25 bits per heavy atom. The molecule has 1 aliphatic rings. The molecule has 0 aliphatic heterocycles. The normalized spacial score (nSPS) is 29.8. The van der Waals surface area contributed by atoms with E-state index in [9.17, 15) is 4.79 Å². The summed E-state index contributed by atoms with van der Waals surface area (Å²) in [7, 11) is 0. The van der Waals surface area contributed by atoms with E-state index in [1.807, 2.05) is 32.9 Å². The van der Waals surface area contributed by atoms with E-state index in [-0.39, 0.29) is 17.8 Å². The van der Waals surface area contributed by atoms with Crippen molar-refractivity contribution in [1.82, 2.24) is 0 Å². The molecule has 1 aliphatic carbocycles. The zero-order valence-electron chi connectivity index (χ0n) is 10.5. The fourth-order valence-corrected chi connectivity index (χ4v) is 2.21. The number of carbonyl (C=O) groups is 1. The van der Waals surface area contributed by atoms with E-state index in [2.05, 4.69) is 13.2 Å². The molecule has 0 bridgehead atoms. The molecule has 0 aromatic rings. The van der Waals surface area contributed by atoms with Crippen molar-refractivity contribution in [2.24, 2.45) is 17.8 Å². The van der Waals surface area contributed by atoms with Gasteiger partial charge in [0.2, 0.25) is 0 Å². The van der Waals surface area contributed by atoms with Gasteiger partial charge in [-0.3, -0.25) is 4.79 Å². The van der Waals surface area contributed by atoms with E-state index in [0.29, 0.717) is 5.92 Å². The monoisotopic (exact) mass is 222 g/mol. The number of rotatable bonds is 3. The Morgan fingerprint density at radius 3 is 2.31 bits per heavy atom. The highest BCUT2D eigenvalue weighted by atomic mass is 16.6. The molecule has 0 amide bonds. The van der Waals surface area contributed by atoms with Crippen LogP contribution in [0.25, 0.3) is 0 Å². The van der Waals surface area contributed by atoms with Crippen LogP contribution in [0.15, 0.2) is 25.3 Å². The first-order chi connectivity index (χ1) is 7.37. The summed E-state index contributed by atoms with van der Waals surface area (Å²) < 4.78 is 5.43. The largest absolute Gasteiger partial charge is 0.460 e. The van der Waals surface area contributed by atoms with Crippen LogP contribution in [0.2, 0.25) is 0 Å². The lowest BCUT2D eigenvalue weighted by Crippen LogP contribution is -2.30. The lowest BCUT2D eigenvalue weighted by atomic mass is 9.96. The molecule has 0 heterocycles. The first-order valence-electron chi connectivity index (χ1n) is 5.85. The molecule has 0 N–H and O–H groups in total. The van der Waals surface area contributed by atoms with Crippen molar-refractivity contribution < 1.29 is 9.53 Å². The number of hydrogen-bond acceptors (Lipinski definition) is 2. The van der Waals surface area contributed by atoms with Gasteiger partial charge in [0.05, 0.1) is 5.92 Å². The van der Waals surface area contributed by atoms with Crippen molar-refractivity contribution in [3.05, 3.63) is 25.3 Å². The molecule has 3 unspecified atom stereocenters. The Morgan fingerprint density at radius 2 is 1.88 bits per heavy atom. The lowest BCUT2D eigenvalue weighted by Gasteiger charge is -2.23. The van der Waals surface area contributed by atoms with Gasteiger partial charge in [0.15, 0.2) is 0 Å². The van der Waals surface area contributed by atoms with E-state index in [1.165, 1.54) is 0 Å². The number of ether oxygens (including phenoxy) is 1. The van der Waals surface area contributed by atoms with Crippen LogP contribution in [-0.4, -0.2) is 11.6 Å². The van der Waals surface area contributed by atoms with Crippen LogP contribution >= 0.6 is 0 Å². The lowest BCUT2D eigenvalue weighted by molar-refractivity contribution is -0.160. The van der Waals surface area contributed by atoms with Gasteiger partial charge in [-0.25, -0.2) is 0 Å². The fourth-order valence-electron chi connectivity index (χ4n) is 2.21. The molecule has 0 aromatic heterocycles. The van der Waals surface area contributed by atoms with Gasteiger partial charge in [0.1, 0.15) is 5.60 Å². The van der Waals surface area contributed by atoms with Gasteiger partial charge in [-0.2, -0.15) is 0 Å². The first kappa shape index (κ1) is 13.0. The second-order valence-electron chi connectivity index (χ2n) is 5.51. The van der Waals surface area contributed by atoms with Crippen molar-refractivity contribution >= 4 is 5.97 Å². The minimum Gasteiger partial charge on any atom is -0.460 e. The summed E-state index contributed by atoms with van der Waals surface area (Å²) in [6.45, 7) is 13.3. The Hall–Kier alpha value is -1.05. The standard InChI is InChI=1S/C14H22O2/c1-6-10-8-11(7-2)12(9-10)13(15)16-14(3,4)5/h6-7,10-12H,1-2,8-9H2,3-5H3. The maximum atomic E-state index is 12.0. The fraction of sp³-hybridized carbons (Fsp3) is 0.643. The van der Waals surface area contributed by atoms with Gasteiger partial charge in [-0.05, 0) is 45.4 Å². The van der Waals surface area contributed by atoms with Crippen LogP contribution in [0.3, 0.4) is 0 Å². The van der Waals surface area contributed by atoms with Crippen LogP contribution in [0.4, 0.5) is 0 Å². The molecule has 2 nitrogen and oxygen atoms in total. The van der Waals surface area contributed by atoms with Gasteiger partial charge in [-0.1, -0.05) is 12.2 Å². The highest BCUT2D eigenvalue weighted by molar-refractivity contribution is 5.74. The molecule has 1 rings (SSSR count). The molecule has 1 fully saturated rings. The van der Waals surface area contributed by atoms with E-state index in [0.717, 1.165) is 12.8 Å². The van der Waals surface area contributed by atoms with E-state index >= 15 is 0 Å². The molecule has 16 heavy (non-hydrogen) atoms. The molecule has 0 aromatic carbocycles. The molecule has 3 atom stereocenters. The highest BCUT2D eigenvalue weighted by Crippen LogP contribution is 2.38. The van der Waals surface area contributed by atoms with Crippen LogP contribution in [-0.2, 0) is 9.53 Å². The predicted octanol–water partition coefficient (Wildman–Crippen LogP) is 3.34. The summed E-state index contributed by atoms with van der Waals surface area (Å²) in [5.74, 6) is 0.514. The third-order valence-electron chi connectivity index (χ3n) is 2.99. The average molecular weight is 222 g/mol. The second kappa shape index (κ2) is 4.86. The Bertz CT molecular complexity index is 286. The number of hydrogen-bond donors (Lipinski definition) is 0. The molecular weight excluding hydrogens is 200 g/mol. The Balaban J connectivity index is 2.68. The summed E-state index contributed by atoms with van der Waals surface area (Å²) >= 11 is 0. The zero-order valence-corrected chi connectivity index (χ0v) is 10.5. The SMILES string of the molecule is C=CC1CC(C=C)C(C(=O)OC(C)(C)C)C1. The van der Waals surface area contributed by atoms with E-state index in [4.69, 9.17) is 4.74 Å². The van der Waals surface area contributed by atoms with Gasteiger partial charge in [-0.15, -0.1) is 13.2 Å². The molecule has 0 spiro atoms. The van der Waals surface area contributed by atoms with Gasteiger partial charge >= 0.3 is 5.97 Å². The smallest absolute Gasteiger partial charge is 0.310 e. The van der Waals surface area contributed by atoms with Crippen molar-refractivity contribution in [1.29, 1.82) is 0 Å². The van der Waals surface area contributed by atoms with E-state index in [1.54, 1.807) is 0 Å². The summed E-state index contributed by atoms with van der Waals surface area (Å²) in [6.07, 6.45) is 5.62. The Labute approximate surface area is 98.4 Å². The van der Waals surface area contributed by atoms with Gasteiger partial charge in [0.25, 0.3) is 0 Å². The maximum Gasteiger partial charge on any atom is 0.310 e. The molecule has 2 heteroatoms. The van der Waals surface area contributed by atoms with Gasteiger partial charge in [0, 0.05) is 0 Å². The second-order valence-corrected chi connectivity index (χ2v) is 5.51. The van der Waals surface area contributed by atoms with E-state index < -0.39 is 5.60 Å². The van der Waals surface area contributed by atoms with Crippen LogP contribution in [0, 0.1) is 17.8 Å². The summed E-state index contributed by atoms with van der Waals surface area (Å²) in [5, 5.41) is 0.